The summed E-state index contributed by atoms with van der Waals surface area (Å²) in [6.07, 6.45) is 2.31. The van der Waals surface area contributed by atoms with Gasteiger partial charge in [0.25, 0.3) is 10.0 Å². The lowest BCUT2D eigenvalue weighted by atomic mass is 10.3. The van der Waals surface area contributed by atoms with Crippen LogP contribution in [0.15, 0.2) is 46.0 Å². The molecule has 94 valence electrons. The zero-order chi connectivity index (χ0) is 13.2. The largest absolute Gasteiger partial charge is 0.368 e. The smallest absolute Gasteiger partial charge is 0.264 e. The predicted octanol–water partition coefficient (Wildman–Crippen LogP) is 1.62. The molecule has 6 nitrogen and oxygen atoms in total. The molecule has 3 N–H and O–H groups in total. The van der Waals surface area contributed by atoms with E-state index < -0.39 is 10.0 Å². The molecule has 0 atom stereocenters. The Morgan fingerprint density at radius 3 is 2.50 bits per heavy atom. The highest BCUT2D eigenvalue weighted by Crippen LogP contribution is 2.19. The van der Waals surface area contributed by atoms with Crippen LogP contribution >= 0.6 is 15.9 Å². The number of aromatic nitrogens is 2. The number of nitrogen functional groups attached to an aromatic ring is 1. The summed E-state index contributed by atoms with van der Waals surface area (Å²) < 4.78 is 27.1. The number of benzene rings is 1. The van der Waals surface area contributed by atoms with Crippen molar-refractivity contribution in [3.63, 3.8) is 0 Å². The Bertz CT molecular complexity index is 658. The highest BCUT2D eigenvalue weighted by molar-refractivity contribution is 9.10. The van der Waals surface area contributed by atoms with Gasteiger partial charge in [-0.05, 0) is 18.2 Å². The zero-order valence-corrected chi connectivity index (χ0v) is 11.4. The maximum absolute atomic E-state index is 12.0. The zero-order valence-electron chi connectivity index (χ0n) is 9.04. The van der Waals surface area contributed by atoms with E-state index in [1.54, 1.807) is 24.3 Å². The Morgan fingerprint density at radius 2 is 1.89 bits per heavy atom. The SMILES string of the molecule is Nc1ncc(S(=O)(=O)Nc2cccc(Br)c2)cn1. The van der Waals surface area contributed by atoms with E-state index in [0.717, 1.165) is 16.9 Å². The first-order valence-corrected chi connectivity index (χ1v) is 7.11. The Balaban J connectivity index is 2.30. The molecule has 0 bridgehead atoms. The second-order valence-corrected chi connectivity index (χ2v) is 5.99. The molecule has 0 spiro atoms. The topological polar surface area (TPSA) is 98.0 Å². The molecular formula is C10H9BrN4O2S. The standard InChI is InChI=1S/C10H9BrN4O2S/c11-7-2-1-3-8(4-7)15-18(16,17)9-5-13-10(12)14-6-9/h1-6,15H,(H2,12,13,14). The number of anilines is 2. The van der Waals surface area contributed by atoms with Crippen molar-refractivity contribution in [2.75, 3.05) is 10.5 Å². The van der Waals surface area contributed by atoms with Gasteiger partial charge in [-0.25, -0.2) is 18.4 Å². The maximum atomic E-state index is 12.0. The Kier molecular flexibility index (Phi) is 3.48. The molecule has 0 saturated carbocycles. The van der Waals surface area contributed by atoms with Crippen LogP contribution in [0, 0.1) is 0 Å². The summed E-state index contributed by atoms with van der Waals surface area (Å²) in [6.45, 7) is 0. The van der Waals surface area contributed by atoms with Gasteiger partial charge in [0.15, 0.2) is 0 Å². The van der Waals surface area contributed by atoms with E-state index in [9.17, 15) is 8.42 Å². The van der Waals surface area contributed by atoms with Gasteiger partial charge in [0.05, 0.1) is 12.4 Å². The first-order valence-electron chi connectivity index (χ1n) is 4.83. The van der Waals surface area contributed by atoms with E-state index in [2.05, 4.69) is 30.6 Å². The van der Waals surface area contributed by atoms with Crippen LogP contribution in [0.2, 0.25) is 0 Å². The third-order valence-electron chi connectivity index (χ3n) is 2.04. The average Bonchev–Trinajstić information content (AvgIpc) is 2.29. The van der Waals surface area contributed by atoms with Crippen molar-refractivity contribution in [3.05, 3.63) is 41.1 Å². The summed E-state index contributed by atoms with van der Waals surface area (Å²) in [6, 6.07) is 6.81. The third kappa shape index (κ3) is 2.96. The second-order valence-electron chi connectivity index (χ2n) is 3.39. The van der Waals surface area contributed by atoms with Crippen molar-refractivity contribution in [1.82, 2.24) is 9.97 Å². The molecule has 0 aliphatic heterocycles. The van der Waals surface area contributed by atoms with Crippen molar-refractivity contribution >= 4 is 37.6 Å². The average molecular weight is 329 g/mol. The van der Waals surface area contributed by atoms with Crippen LogP contribution in [-0.2, 0) is 10.0 Å². The summed E-state index contributed by atoms with van der Waals surface area (Å²) in [5, 5.41) is 0. The fraction of sp³-hybridized carbons (Fsp3) is 0. The van der Waals surface area contributed by atoms with Gasteiger partial charge in [-0.15, -0.1) is 0 Å². The molecule has 2 rings (SSSR count). The summed E-state index contributed by atoms with van der Waals surface area (Å²) in [7, 11) is -3.70. The molecule has 0 aliphatic rings. The number of sulfonamides is 1. The van der Waals surface area contributed by atoms with E-state index in [-0.39, 0.29) is 10.8 Å². The van der Waals surface area contributed by atoms with Crippen molar-refractivity contribution in [1.29, 1.82) is 0 Å². The van der Waals surface area contributed by atoms with E-state index in [1.165, 1.54) is 0 Å². The van der Waals surface area contributed by atoms with Crippen LogP contribution in [0.4, 0.5) is 11.6 Å². The van der Waals surface area contributed by atoms with E-state index in [0.29, 0.717) is 5.69 Å². The number of rotatable bonds is 3. The van der Waals surface area contributed by atoms with Crippen molar-refractivity contribution < 1.29 is 8.42 Å². The highest BCUT2D eigenvalue weighted by Gasteiger charge is 2.15. The molecule has 1 aromatic carbocycles. The van der Waals surface area contributed by atoms with Crippen molar-refractivity contribution in [2.24, 2.45) is 0 Å². The molecule has 1 heterocycles. The van der Waals surface area contributed by atoms with Gasteiger partial charge in [-0.3, -0.25) is 4.72 Å². The van der Waals surface area contributed by atoms with Crippen LogP contribution in [0.3, 0.4) is 0 Å². The molecule has 0 saturated heterocycles. The number of nitrogens with zero attached hydrogens (tertiary/aromatic N) is 2. The van der Waals surface area contributed by atoms with Gasteiger partial charge in [-0.2, -0.15) is 0 Å². The lowest BCUT2D eigenvalue weighted by Crippen LogP contribution is -2.14. The van der Waals surface area contributed by atoms with Crippen LogP contribution in [0.25, 0.3) is 0 Å². The fourth-order valence-corrected chi connectivity index (χ4v) is 2.57. The number of hydrogen-bond donors (Lipinski definition) is 2. The third-order valence-corrected chi connectivity index (χ3v) is 3.86. The van der Waals surface area contributed by atoms with Gasteiger partial charge in [-0.1, -0.05) is 22.0 Å². The molecule has 1 aromatic heterocycles. The minimum absolute atomic E-state index is 0.0244. The number of nitrogens with one attached hydrogen (secondary N) is 1. The van der Waals surface area contributed by atoms with Gasteiger partial charge in [0.1, 0.15) is 4.90 Å². The summed E-state index contributed by atoms with van der Waals surface area (Å²) in [4.78, 5) is 7.24. The molecule has 2 aromatic rings. The lowest BCUT2D eigenvalue weighted by Gasteiger charge is -2.07. The minimum Gasteiger partial charge on any atom is -0.368 e. The highest BCUT2D eigenvalue weighted by atomic mass is 79.9. The molecule has 0 unspecified atom stereocenters. The number of hydrogen-bond acceptors (Lipinski definition) is 5. The van der Waals surface area contributed by atoms with Crippen molar-refractivity contribution in [2.45, 2.75) is 4.90 Å². The van der Waals surface area contributed by atoms with Gasteiger partial charge < -0.3 is 5.73 Å². The quantitative estimate of drug-likeness (QED) is 0.892. The Labute approximate surface area is 112 Å². The lowest BCUT2D eigenvalue weighted by molar-refractivity contribution is 0.600. The van der Waals surface area contributed by atoms with E-state index in [1.807, 2.05) is 0 Å². The monoisotopic (exact) mass is 328 g/mol. The van der Waals surface area contributed by atoms with Crippen LogP contribution in [0.1, 0.15) is 0 Å². The van der Waals surface area contributed by atoms with Crippen molar-refractivity contribution in [3.8, 4) is 0 Å². The summed E-state index contributed by atoms with van der Waals surface area (Å²) >= 11 is 3.26. The van der Waals surface area contributed by atoms with Crippen LogP contribution in [-0.4, -0.2) is 18.4 Å². The first kappa shape index (κ1) is 12.8. The van der Waals surface area contributed by atoms with Gasteiger partial charge >= 0.3 is 0 Å². The van der Waals surface area contributed by atoms with E-state index in [4.69, 9.17) is 5.73 Å². The van der Waals surface area contributed by atoms with Crippen LogP contribution < -0.4 is 10.5 Å². The van der Waals surface area contributed by atoms with E-state index >= 15 is 0 Å². The number of halogens is 1. The fourth-order valence-electron chi connectivity index (χ4n) is 1.23. The molecule has 8 heteroatoms. The van der Waals surface area contributed by atoms with Gasteiger partial charge in [0, 0.05) is 10.2 Å². The summed E-state index contributed by atoms with van der Waals surface area (Å²) in [5.41, 5.74) is 5.74. The molecule has 0 radical (unpaired) electrons. The summed E-state index contributed by atoms with van der Waals surface area (Å²) in [5.74, 6) is 0.0244. The molecule has 18 heavy (non-hydrogen) atoms. The predicted molar refractivity (Wildman–Crippen MR) is 71.4 cm³/mol. The second kappa shape index (κ2) is 4.91. The molecular weight excluding hydrogens is 320 g/mol. The normalized spacial score (nSPS) is 11.2. The molecule has 0 aliphatic carbocycles. The maximum Gasteiger partial charge on any atom is 0.264 e. The number of nitrogens with two attached hydrogens (primary N) is 1. The molecule has 0 fully saturated rings. The minimum atomic E-state index is -3.70. The van der Waals surface area contributed by atoms with Gasteiger partial charge in [0.2, 0.25) is 5.95 Å². The van der Waals surface area contributed by atoms with Crippen LogP contribution in [0.5, 0.6) is 0 Å². The Hall–Kier alpha value is -1.67. The molecule has 0 amide bonds. The Morgan fingerprint density at radius 1 is 1.22 bits per heavy atom. The first-order chi connectivity index (χ1) is 8.47.